The molecule has 0 spiro atoms. The maximum absolute atomic E-state index is 13.9. The number of benzene rings is 3. The number of nitrogens with zero attached hydrogens (tertiary/aromatic N) is 3. The highest BCUT2D eigenvalue weighted by Gasteiger charge is 2.36. The summed E-state index contributed by atoms with van der Waals surface area (Å²) in [4.78, 5) is 46.5. The summed E-state index contributed by atoms with van der Waals surface area (Å²) in [5.74, 6) is 0.826. The summed E-state index contributed by atoms with van der Waals surface area (Å²) in [5.41, 5.74) is 11.0. The summed E-state index contributed by atoms with van der Waals surface area (Å²) < 4.78 is 11.9. The van der Waals surface area contributed by atoms with Gasteiger partial charge in [0.05, 0.1) is 25.8 Å². The maximum atomic E-state index is 13.9. The van der Waals surface area contributed by atoms with Gasteiger partial charge in [-0.25, -0.2) is 4.98 Å². The van der Waals surface area contributed by atoms with Crippen LogP contribution in [0.4, 0.5) is 11.5 Å². The second-order valence-electron chi connectivity index (χ2n) is 11.7. The van der Waals surface area contributed by atoms with Crippen LogP contribution in [0.3, 0.4) is 0 Å². The summed E-state index contributed by atoms with van der Waals surface area (Å²) in [6.45, 7) is 4.58. The number of anilines is 2. The number of hydrogen-bond donors (Lipinski definition) is 2. The van der Waals surface area contributed by atoms with Gasteiger partial charge in [0.25, 0.3) is 11.8 Å². The average molecular weight is 620 g/mol. The first-order valence-electron chi connectivity index (χ1n) is 15.4. The minimum absolute atomic E-state index is 0.0673. The highest BCUT2D eigenvalue weighted by Crippen LogP contribution is 2.41. The number of aromatic nitrogens is 1. The van der Waals surface area contributed by atoms with Gasteiger partial charge in [0.2, 0.25) is 5.91 Å². The zero-order valence-electron chi connectivity index (χ0n) is 26.2. The summed E-state index contributed by atoms with van der Waals surface area (Å²) in [6, 6.07) is 23.1. The smallest absolute Gasteiger partial charge is 0.259 e. The number of carbonyl (C=O) groups is 3. The molecule has 2 aliphatic heterocycles. The monoisotopic (exact) mass is 619 g/mol. The molecule has 3 N–H and O–H groups in total. The quantitative estimate of drug-likeness (QED) is 0.234. The lowest BCUT2D eigenvalue weighted by atomic mass is 10.0. The number of pyridine rings is 1. The van der Waals surface area contributed by atoms with E-state index in [1.807, 2.05) is 68.4 Å². The van der Waals surface area contributed by atoms with Gasteiger partial charge in [0.1, 0.15) is 5.82 Å². The van der Waals surface area contributed by atoms with E-state index in [0.29, 0.717) is 35.7 Å². The van der Waals surface area contributed by atoms with Gasteiger partial charge < -0.3 is 30.3 Å². The first-order chi connectivity index (χ1) is 22.2. The number of fused-ring (bicyclic) bond motifs is 2. The Morgan fingerprint density at radius 3 is 2.57 bits per heavy atom. The molecule has 2 atom stereocenters. The first kappa shape index (κ1) is 30.8. The van der Waals surface area contributed by atoms with Crippen molar-refractivity contribution in [3.8, 4) is 11.5 Å². The molecule has 0 radical (unpaired) electrons. The van der Waals surface area contributed by atoms with E-state index >= 15 is 0 Å². The second kappa shape index (κ2) is 13.0. The Bertz CT molecular complexity index is 1790. The lowest BCUT2D eigenvalue weighted by Crippen LogP contribution is -2.26. The molecule has 0 saturated carbocycles. The van der Waals surface area contributed by atoms with Crippen LogP contribution >= 0.6 is 0 Å². The van der Waals surface area contributed by atoms with Crippen molar-refractivity contribution in [2.45, 2.75) is 51.9 Å². The second-order valence-corrected chi connectivity index (χ2v) is 11.7. The number of carbonyl (C=O) groups excluding carboxylic acids is 3. The Morgan fingerprint density at radius 2 is 1.80 bits per heavy atom. The number of amides is 3. The van der Waals surface area contributed by atoms with Gasteiger partial charge in [-0.15, -0.1) is 0 Å². The van der Waals surface area contributed by atoms with E-state index in [-0.39, 0.29) is 42.2 Å². The molecular formula is C36H37N5O5. The summed E-state index contributed by atoms with van der Waals surface area (Å²) in [6.07, 6.45) is 3.26. The van der Waals surface area contributed by atoms with E-state index in [1.54, 1.807) is 29.2 Å². The third-order valence-corrected chi connectivity index (χ3v) is 8.53. The highest BCUT2D eigenvalue weighted by atomic mass is 16.5. The van der Waals surface area contributed by atoms with Gasteiger partial charge in [-0.05, 0) is 67.6 Å². The molecule has 0 bridgehead atoms. The molecule has 0 aliphatic carbocycles. The third-order valence-electron chi connectivity index (χ3n) is 8.53. The minimum Gasteiger partial charge on any atom is -0.493 e. The van der Waals surface area contributed by atoms with Crippen LogP contribution in [0.5, 0.6) is 11.5 Å². The predicted octanol–water partition coefficient (Wildman–Crippen LogP) is 5.26. The number of methoxy groups -OCH3 is 1. The minimum atomic E-state index is -0.382. The number of hydrogen-bond acceptors (Lipinski definition) is 7. The lowest BCUT2D eigenvalue weighted by molar-refractivity contribution is -0.114. The van der Waals surface area contributed by atoms with E-state index in [2.05, 4.69) is 22.4 Å². The van der Waals surface area contributed by atoms with Crippen molar-refractivity contribution in [1.82, 2.24) is 9.88 Å². The zero-order valence-corrected chi connectivity index (χ0v) is 26.2. The van der Waals surface area contributed by atoms with Gasteiger partial charge in [0.15, 0.2) is 11.5 Å². The largest absolute Gasteiger partial charge is 0.493 e. The molecule has 2 aliphatic rings. The lowest BCUT2D eigenvalue weighted by Gasteiger charge is -2.24. The number of ether oxygens (including phenoxy) is 2. The van der Waals surface area contributed by atoms with Crippen molar-refractivity contribution in [2.75, 3.05) is 23.9 Å². The van der Waals surface area contributed by atoms with Crippen LogP contribution in [-0.4, -0.2) is 47.4 Å². The molecule has 236 valence electrons. The molecule has 3 amide bonds. The normalized spacial score (nSPS) is 15.9. The maximum Gasteiger partial charge on any atom is 0.259 e. The van der Waals surface area contributed by atoms with E-state index in [0.717, 1.165) is 35.2 Å². The molecule has 0 fully saturated rings. The van der Waals surface area contributed by atoms with Gasteiger partial charge in [0, 0.05) is 47.7 Å². The summed E-state index contributed by atoms with van der Waals surface area (Å²) in [7, 11) is 1.61. The molecule has 4 aromatic rings. The van der Waals surface area contributed by atoms with Gasteiger partial charge in [-0.1, -0.05) is 42.5 Å². The molecule has 3 aromatic carbocycles. The standard InChI is InChI=1S/C36H37N5O5/c1-22(9-10-24-7-5-4-6-8-24)46-32-16-27(12-14-31(32)45-3)41-23(2)28-13-11-25(15-30(28)36(41)44)20-40-21-26-19-38-33(39-34(42)18-37)17-29(26)35(40)43/h4-8,11-17,19,22-23H,9-10,18,20-21,37H2,1-3H3,(H,38,39,42). The molecule has 3 heterocycles. The summed E-state index contributed by atoms with van der Waals surface area (Å²) >= 11 is 0. The van der Waals surface area contributed by atoms with E-state index < -0.39 is 0 Å². The molecule has 46 heavy (non-hydrogen) atoms. The first-order valence-corrected chi connectivity index (χ1v) is 15.4. The number of aryl methyl sites for hydroxylation is 1. The van der Waals surface area contributed by atoms with Gasteiger partial charge >= 0.3 is 0 Å². The molecule has 0 saturated heterocycles. The highest BCUT2D eigenvalue weighted by molar-refractivity contribution is 6.11. The zero-order chi connectivity index (χ0) is 32.4. The third kappa shape index (κ3) is 6.16. The fraction of sp³-hybridized carbons (Fsp3) is 0.278. The summed E-state index contributed by atoms with van der Waals surface area (Å²) in [5, 5.41) is 2.59. The molecule has 2 unspecified atom stereocenters. The van der Waals surface area contributed by atoms with Crippen molar-refractivity contribution in [1.29, 1.82) is 0 Å². The van der Waals surface area contributed by atoms with Crippen LogP contribution in [0, 0.1) is 0 Å². The van der Waals surface area contributed by atoms with Crippen molar-refractivity contribution in [2.24, 2.45) is 5.73 Å². The SMILES string of the molecule is COc1ccc(N2C(=O)c3cc(CN4Cc5cnc(NC(=O)CN)cc5C4=O)ccc3C2C)cc1OC(C)CCc1ccccc1. The molecule has 10 nitrogen and oxygen atoms in total. The topological polar surface area (TPSA) is 127 Å². The average Bonchev–Trinajstić information content (AvgIpc) is 3.51. The van der Waals surface area contributed by atoms with Crippen molar-refractivity contribution in [3.05, 3.63) is 112 Å². The van der Waals surface area contributed by atoms with Crippen LogP contribution in [0.2, 0.25) is 0 Å². The molecule has 6 rings (SSSR count). The predicted molar refractivity (Wildman–Crippen MR) is 175 cm³/mol. The Balaban J connectivity index is 1.16. The van der Waals surface area contributed by atoms with Crippen LogP contribution in [0.1, 0.15) is 69.3 Å². The van der Waals surface area contributed by atoms with Crippen molar-refractivity contribution >= 4 is 29.2 Å². The molecule has 1 aromatic heterocycles. The Hall–Kier alpha value is -5.22. The van der Waals surface area contributed by atoms with E-state index in [9.17, 15) is 14.4 Å². The number of nitrogens with two attached hydrogens (primary N) is 1. The van der Waals surface area contributed by atoms with E-state index in [1.165, 1.54) is 5.56 Å². The van der Waals surface area contributed by atoms with Crippen LogP contribution in [0.15, 0.2) is 79.0 Å². The van der Waals surface area contributed by atoms with E-state index in [4.69, 9.17) is 15.2 Å². The van der Waals surface area contributed by atoms with Crippen LogP contribution < -0.4 is 25.4 Å². The van der Waals surface area contributed by atoms with Crippen molar-refractivity contribution in [3.63, 3.8) is 0 Å². The Kier molecular flexibility index (Phi) is 8.72. The van der Waals surface area contributed by atoms with Crippen LogP contribution in [-0.2, 0) is 24.3 Å². The molecule has 10 heteroatoms. The van der Waals surface area contributed by atoms with Crippen LogP contribution in [0.25, 0.3) is 0 Å². The molecular weight excluding hydrogens is 582 g/mol. The Labute approximate surface area is 268 Å². The van der Waals surface area contributed by atoms with Gasteiger partial charge in [-0.3, -0.25) is 14.4 Å². The fourth-order valence-corrected chi connectivity index (χ4v) is 6.10. The fourth-order valence-electron chi connectivity index (χ4n) is 6.10. The van der Waals surface area contributed by atoms with Gasteiger partial charge in [-0.2, -0.15) is 0 Å². The Morgan fingerprint density at radius 1 is 1.00 bits per heavy atom. The van der Waals surface area contributed by atoms with Crippen molar-refractivity contribution < 1.29 is 23.9 Å². The number of nitrogens with one attached hydrogen (secondary N) is 1. The number of rotatable bonds is 11.